The Morgan fingerprint density at radius 3 is 2.38 bits per heavy atom. The lowest BCUT2D eigenvalue weighted by atomic mass is 10.1. The van der Waals surface area contributed by atoms with E-state index in [9.17, 15) is 14.4 Å². The number of ether oxygens (including phenoxy) is 1. The van der Waals surface area contributed by atoms with Gasteiger partial charge in [0.05, 0.1) is 12.7 Å². The molecule has 0 unspecified atom stereocenters. The molecule has 29 heavy (non-hydrogen) atoms. The maximum Gasteiger partial charge on any atom is 0.337 e. The van der Waals surface area contributed by atoms with Crippen LogP contribution >= 0.6 is 11.6 Å². The molecule has 8 heteroatoms. The summed E-state index contributed by atoms with van der Waals surface area (Å²) in [6.45, 7) is 1.89. The third kappa shape index (κ3) is 5.26. The molecule has 7 nitrogen and oxygen atoms in total. The van der Waals surface area contributed by atoms with Crippen molar-refractivity contribution in [1.29, 1.82) is 0 Å². The molecule has 0 atom stereocenters. The number of hydrogen-bond acceptors (Lipinski definition) is 4. The van der Waals surface area contributed by atoms with E-state index in [1.807, 2.05) is 0 Å². The average molecular weight is 416 g/mol. The highest BCUT2D eigenvalue weighted by Gasteiger charge is 2.23. The van der Waals surface area contributed by atoms with Gasteiger partial charge in [-0.15, -0.1) is 0 Å². The highest BCUT2D eigenvalue weighted by Crippen LogP contribution is 2.16. The molecule has 0 aromatic heterocycles. The predicted octanol–water partition coefficient (Wildman–Crippen LogP) is 3.51. The van der Waals surface area contributed by atoms with E-state index in [2.05, 4.69) is 5.32 Å². The third-order valence-electron chi connectivity index (χ3n) is 4.68. The molecular weight excluding hydrogens is 394 g/mol. The van der Waals surface area contributed by atoms with Crippen molar-refractivity contribution < 1.29 is 19.1 Å². The van der Waals surface area contributed by atoms with Crippen LogP contribution in [0.4, 0.5) is 10.5 Å². The van der Waals surface area contributed by atoms with Gasteiger partial charge in [0.2, 0.25) is 0 Å². The number of benzene rings is 2. The van der Waals surface area contributed by atoms with Gasteiger partial charge in [0.25, 0.3) is 5.91 Å². The zero-order valence-electron chi connectivity index (χ0n) is 16.1. The van der Waals surface area contributed by atoms with Gasteiger partial charge in [-0.3, -0.25) is 4.79 Å². The summed E-state index contributed by atoms with van der Waals surface area (Å²) in [4.78, 5) is 40.5. The Morgan fingerprint density at radius 2 is 1.62 bits per heavy atom. The standard InChI is InChI=1S/C21H22ClN3O4/c1-29-20(27)16-6-2-5-15(13-16)19(26)24-9-4-10-25(12-11-24)21(28)23-18-8-3-7-17(22)14-18/h2-3,5-8,13-14H,4,9-12H2,1H3,(H,23,28). The SMILES string of the molecule is COC(=O)c1cccc(C(=O)N2CCCN(C(=O)Nc3cccc(Cl)c3)CC2)c1. The maximum atomic E-state index is 12.9. The molecule has 152 valence electrons. The van der Waals surface area contributed by atoms with Crippen LogP contribution in [0.3, 0.4) is 0 Å². The first-order chi connectivity index (χ1) is 14.0. The summed E-state index contributed by atoms with van der Waals surface area (Å²) in [6, 6.07) is 13.2. The molecule has 1 heterocycles. The van der Waals surface area contributed by atoms with Crippen molar-refractivity contribution in [3.05, 3.63) is 64.7 Å². The van der Waals surface area contributed by atoms with Crippen molar-refractivity contribution in [3.8, 4) is 0 Å². The van der Waals surface area contributed by atoms with E-state index >= 15 is 0 Å². The van der Waals surface area contributed by atoms with Gasteiger partial charge in [0.1, 0.15) is 0 Å². The molecule has 1 fully saturated rings. The predicted molar refractivity (Wildman–Crippen MR) is 110 cm³/mol. The molecule has 3 amide bonds. The zero-order valence-corrected chi connectivity index (χ0v) is 16.8. The van der Waals surface area contributed by atoms with E-state index in [4.69, 9.17) is 16.3 Å². The Labute approximate surface area is 174 Å². The van der Waals surface area contributed by atoms with Gasteiger partial charge in [0, 0.05) is 42.5 Å². The highest BCUT2D eigenvalue weighted by atomic mass is 35.5. The van der Waals surface area contributed by atoms with Crippen molar-refractivity contribution in [1.82, 2.24) is 9.80 Å². The third-order valence-corrected chi connectivity index (χ3v) is 4.91. The molecule has 1 saturated heterocycles. The number of nitrogens with zero attached hydrogens (tertiary/aromatic N) is 2. The number of urea groups is 1. The van der Waals surface area contributed by atoms with Gasteiger partial charge in [0.15, 0.2) is 0 Å². The second-order valence-corrected chi connectivity index (χ2v) is 7.08. The zero-order chi connectivity index (χ0) is 20.8. The molecule has 1 aliphatic rings. The van der Waals surface area contributed by atoms with E-state index in [0.717, 1.165) is 0 Å². The lowest BCUT2D eigenvalue weighted by molar-refractivity contribution is 0.0600. The van der Waals surface area contributed by atoms with E-state index in [0.29, 0.717) is 54.4 Å². The summed E-state index contributed by atoms with van der Waals surface area (Å²) in [7, 11) is 1.30. The molecule has 2 aromatic carbocycles. The quantitative estimate of drug-likeness (QED) is 0.778. The van der Waals surface area contributed by atoms with Gasteiger partial charge in [-0.1, -0.05) is 23.7 Å². The van der Waals surface area contributed by atoms with Crippen molar-refractivity contribution in [2.24, 2.45) is 0 Å². The minimum absolute atomic E-state index is 0.173. The highest BCUT2D eigenvalue weighted by molar-refractivity contribution is 6.30. The van der Waals surface area contributed by atoms with Crippen LogP contribution < -0.4 is 5.32 Å². The molecule has 0 saturated carbocycles. The molecule has 2 aromatic rings. The summed E-state index contributed by atoms with van der Waals surface area (Å²) < 4.78 is 4.71. The van der Waals surface area contributed by atoms with Gasteiger partial charge in [-0.2, -0.15) is 0 Å². The number of anilines is 1. The number of carbonyl (C=O) groups is 3. The summed E-state index contributed by atoms with van der Waals surface area (Å²) >= 11 is 5.95. The van der Waals surface area contributed by atoms with E-state index in [-0.39, 0.29) is 11.9 Å². The molecule has 1 N–H and O–H groups in total. The van der Waals surface area contributed by atoms with Crippen molar-refractivity contribution in [3.63, 3.8) is 0 Å². The Balaban J connectivity index is 1.62. The summed E-state index contributed by atoms with van der Waals surface area (Å²) in [5.41, 5.74) is 1.37. The summed E-state index contributed by atoms with van der Waals surface area (Å²) in [5, 5.41) is 3.38. The lowest BCUT2D eigenvalue weighted by Gasteiger charge is -2.22. The normalized spacial score (nSPS) is 14.1. The fraction of sp³-hybridized carbons (Fsp3) is 0.286. The summed E-state index contributed by atoms with van der Waals surface area (Å²) in [6.07, 6.45) is 0.658. The number of methoxy groups -OCH3 is 1. The van der Waals surface area contributed by atoms with Gasteiger partial charge >= 0.3 is 12.0 Å². The van der Waals surface area contributed by atoms with Gasteiger partial charge in [-0.05, 0) is 42.8 Å². The second kappa shape index (κ2) is 9.43. The number of carbonyl (C=O) groups excluding carboxylic acids is 3. The summed E-state index contributed by atoms with van der Waals surface area (Å²) in [5.74, 6) is -0.660. The Bertz CT molecular complexity index is 918. The monoisotopic (exact) mass is 415 g/mol. The average Bonchev–Trinajstić information content (AvgIpc) is 2.99. The minimum Gasteiger partial charge on any atom is -0.465 e. The Hall–Kier alpha value is -3.06. The van der Waals surface area contributed by atoms with E-state index in [1.54, 1.807) is 52.3 Å². The number of nitrogens with one attached hydrogen (secondary N) is 1. The van der Waals surface area contributed by atoms with E-state index in [1.165, 1.54) is 13.2 Å². The Morgan fingerprint density at radius 1 is 0.931 bits per heavy atom. The van der Waals surface area contributed by atoms with Crippen LogP contribution in [-0.2, 0) is 4.74 Å². The molecule has 0 bridgehead atoms. The maximum absolute atomic E-state index is 12.9. The molecule has 1 aliphatic heterocycles. The van der Waals surface area contributed by atoms with Crippen LogP contribution in [0.2, 0.25) is 5.02 Å². The van der Waals surface area contributed by atoms with Crippen molar-refractivity contribution in [2.75, 3.05) is 38.6 Å². The largest absolute Gasteiger partial charge is 0.465 e. The van der Waals surface area contributed by atoms with Crippen molar-refractivity contribution in [2.45, 2.75) is 6.42 Å². The fourth-order valence-corrected chi connectivity index (χ4v) is 3.36. The van der Waals surface area contributed by atoms with Crippen LogP contribution in [-0.4, -0.2) is 61.0 Å². The topological polar surface area (TPSA) is 79.0 Å². The fourth-order valence-electron chi connectivity index (χ4n) is 3.17. The van der Waals surface area contributed by atoms with E-state index < -0.39 is 5.97 Å². The number of rotatable bonds is 3. The molecular formula is C21H22ClN3O4. The molecule has 0 aliphatic carbocycles. The second-order valence-electron chi connectivity index (χ2n) is 6.65. The molecule has 0 radical (unpaired) electrons. The van der Waals surface area contributed by atoms with Crippen LogP contribution in [0.1, 0.15) is 27.1 Å². The van der Waals surface area contributed by atoms with Gasteiger partial charge in [-0.25, -0.2) is 9.59 Å². The number of hydrogen-bond donors (Lipinski definition) is 1. The first kappa shape index (κ1) is 20.7. The van der Waals surface area contributed by atoms with Crippen LogP contribution in [0.25, 0.3) is 0 Å². The van der Waals surface area contributed by atoms with Gasteiger partial charge < -0.3 is 19.9 Å². The molecule has 0 spiro atoms. The first-order valence-electron chi connectivity index (χ1n) is 9.27. The minimum atomic E-state index is -0.487. The number of esters is 1. The lowest BCUT2D eigenvalue weighted by Crippen LogP contribution is -2.39. The Kier molecular flexibility index (Phi) is 6.72. The number of amides is 3. The van der Waals surface area contributed by atoms with Crippen LogP contribution in [0, 0.1) is 0 Å². The van der Waals surface area contributed by atoms with Crippen molar-refractivity contribution >= 4 is 35.2 Å². The molecule has 3 rings (SSSR count). The number of halogens is 1. The first-order valence-corrected chi connectivity index (χ1v) is 9.65. The van der Waals surface area contributed by atoms with Crippen LogP contribution in [0.5, 0.6) is 0 Å². The van der Waals surface area contributed by atoms with Crippen LogP contribution in [0.15, 0.2) is 48.5 Å². The smallest absolute Gasteiger partial charge is 0.337 e.